The predicted molar refractivity (Wildman–Crippen MR) is 113 cm³/mol. The first-order valence-electron chi connectivity index (χ1n) is 9.50. The molecule has 0 radical (unpaired) electrons. The molecule has 0 aliphatic carbocycles. The number of hydrogen-bond acceptors (Lipinski definition) is 5. The molecular formula is C22H22FN5O2. The van der Waals surface area contributed by atoms with Crippen LogP contribution in [-0.4, -0.2) is 42.9 Å². The second-order valence-electron chi connectivity index (χ2n) is 6.87. The van der Waals surface area contributed by atoms with E-state index in [4.69, 9.17) is 0 Å². The smallest absolute Gasteiger partial charge is 0.267 e. The van der Waals surface area contributed by atoms with E-state index in [1.165, 1.54) is 19.1 Å². The Bertz CT molecular complexity index is 972. The first-order valence-corrected chi connectivity index (χ1v) is 9.50. The SMILES string of the molecule is CC(=O)Nc1ccc(NC(=O)/C(C#N)=C\N2CCN(c3ccc(F)cc3)CC2)cc1. The van der Waals surface area contributed by atoms with Crippen LogP contribution in [0.5, 0.6) is 0 Å². The van der Waals surface area contributed by atoms with Gasteiger partial charge in [0.1, 0.15) is 17.5 Å². The van der Waals surface area contributed by atoms with Gasteiger partial charge in [-0.25, -0.2) is 4.39 Å². The molecule has 2 amide bonds. The molecule has 0 bridgehead atoms. The monoisotopic (exact) mass is 407 g/mol. The largest absolute Gasteiger partial charge is 0.373 e. The normalized spacial score (nSPS) is 14.1. The van der Waals surface area contributed by atoms with Crippen LogP contribution < -0.4 is 15.5 Å². The number of rotatable bonds is 5. The van der Waals surface area contributed by atoms with Gasteiger partial charge in [-0.15, -0.1) is 0 Å². The lowest BCUT2D eigenvalue weighted by Gasteiger charge is -2.35. The van der Waals surface area contributed by atoms with Crippen molar-refractivity contribution in [3.63, 3.8) is 0 Å². The second-order valence-corrected chi connectivity index (χ2v) is 6.87. The van der Waals surface area contributed by atoms with Gasteiger partial charge >= 0.3 is 0 Å². The Morgan fingerprint density at radius 3 is 2.07 bits per heavy atom. The Hall–Kier alpha value is -3.86. The molecule has 1 aliphatic heterocycles. The zero-order valence-electron chi connectivity index (χ0n) is 16.6. The molecule has 0 unspecified atom stereocenters. The standard InChI is InChI=1S/C22H22FN5O2/c1-16(29)25-19-4-6-20(7-5-19)26-22(30)17(14-24)15-27-10-12-28(13-11-27)21-8-2-18(23)3-9-21/h2-9,15H,10-13H2,1H3,(H,25,29)(H,26,30)/b17-15-. The maximum absolute atomic E-state index is 13.1. The summed E-state index contributed by atoms with van der Waals surface area (Å²) in [6, 6.07) is 14.9. The molecule has 2 N–H and O–H groups in total. The summed E-state index contributed by atoms with van der Waals surface area (Å²) in [6.45, 7) is 4.10. The van der Waals surface area contributed by atoms with Gasteiger partial charge in [-0.1, -0.05) is 0 Å². The van der Waals surface area contributed by atoms with E-state index in [0.29, 0.717) is 37.6 Å². The third-order valence-corrected chi connectivity index (χ3v) is 4.65. The molecule has 2 aromatic carbocycles. The molecule has 8 heteroatoms. The highest BCUT2D eigenvalue weighted by Crippen LogP contribution is 2.18. The molecule has 1 saturated heterocycles. The minimum Gasteiger partial charge on any atom is -0.373 e. The van der Waals surface area contributed by atoms with Gasteiger partial charge in [-0.3, -0.25) is 9.59 Å². The van der Waals surface area contributed by atoms with Gasteiger partial charge in [0.05, 0.1) is 0 Å². The molecule has 7 nitrogen and oxygen atoms in total. The molecular weight excluding hydrogens is 385 g/mol. The summed E-state index contributed by atoms with van der Waals surface area (Å²) in [6.07, 6.45) is 1.57. The van der Waals surface area contributed by atoms with Crippen molar-refractivity contribution >= 4 is 28.9 Å². The fraction of sp³-hybridized carbons (Fsp3) is 0.227. The average Bonchev–Trinajstić information content (AvgIpc) is 2.74. The van der Waals surface area contributed by atoms with Crippen molar-refractivity contribution in [2.75, 3.05) is 41.7 Å². The Balaban J connectivity index is 1.57. The number of amides is 2. The highest BCUT2D eigenvalue weighted by atomic mass is 19.1. The van der Waals surface area contributed by atoms with E-state index in [0.717, 1.165) is 5.69 Å². The van der Waals surface area contributed by atoms with Crippen LogP contribution in [0.15, 0.2) is 60.3 Å². The molecule has 30 heavy (non-hydrogen) atoms. The Labute approximate surface area is 174 Å². The first-order chi connectivity index (χ1) is 14.4. The molecule has 0 aromatic heterocycles. The number of nitriles is 1. The van der Waals surface area contributed by atoms with E-state index < -0.39 is 5.91 Å². The lowest BCUT2D eigenvalue weighted by Crippen LogP contribution is -2.44. The van der Waals surface area contributed by atoms with Crippen LogP contribution in [0.2, 0.25) is 0 Å². The molecule has 154 valence electrons. The number of nitrogens with zero attached hydrogens (tertiary/aromatic N) is 3. The van der Waals surface area contributed by atoms with Gasteiger partial charge < -0.3 is 20.4 Å². The maximum atomic E-state index is 13.1. The predicted octanol–water partition coefficient (Wildman–Crippen LogP) is 2.95. The summed E-state index contributed by atoms with van der Waals surface area (Å²) in [5.74, 6) is -0.943. The van der Waals surface area contributed by atoms with Crippen LogP contribution >= 0.6 is 0 Å². The quantitative estimate of drug-likeness (QED) is 0.588. The van der Waals surface area contributed by atoms with Crippen molar-refractivity contribution in [1.82, 2.24) is 4.90 Å². The zero-order valence-corrected chi connectivity index (χ0v) is 16.6. The number of carbonyl (C=O) groups is 2. The second kappa shape index (κ2) is 9.56. The van der Waals surface area contributed by atoms with Gasteiger partial charge in [-0.2, -0.15) is 5.26 Å². The number of halogens is 1. The highest BCUT2D eigenvalue weighted by Gasteiger charge is 2.18. The van der Waals surface area contributed by atoms with E-state index in [1.807, 2.05) is 11.0 Å². The summed E-state index contributed by atoms with van der Waals surface area (Å²) in [7, 11) is 0. The van der Waals surface area contributed by atoms with E-state index in [1.54, 1.807) is 42.6 Å². The number of carbonyl (C=O) groups excluding carboxylic acids is 2. The average molecular weight is 407 g/mol. The van der Waals surface area contributed by atoms with E-state index in [2.05, 4.69) is 15.5 Å². The molecule has 0 spiro atoms. The molecule has 0 atom stereocenters. The third-order valence-electron chi connectivity index (χ3n) is 4.65. The molecule has 1 aliphatic rings. The van der Waals surface area contributed by atoms with E-state index in [-0.39, 0.29) is 17.3 Å². The third kappa shape index (κ3) is 5.58. The van der Waals surface area contributed by atoms with Crippen molar-refractivity contribution in [2.45, 2.75) is 6.92 Å². The first kappa shape index (κ1) is 20.9. The summed E-state index contributed by atoms with van der Waals surface area (Å²) in [5, 5.41) is 14.7. The molecule has 2 aromatic rings. The van der Waals surface area contributed by atoms with Crippen LogP contribution in [0, 0.1) is 17.1 Å². The lowest BCUT2D eigenvalue weighted by molar-refractivity contribution is -0.114. The molecule has 1 fully saturated rings. The lowest BCUT2D eigenvalue weighted by atomic mass is 10.2. The fourth-order valence-corrected chi connectivity index (χ4v) is 3.12. The Morgan fingerprint density at radius 1 is 0.967 bits per heavy atom. The van der Waals surface area contributed by atoms with Crippen molar-refractivity contribution in [3.8, 4) is 6.07 Å². The highest BCUT2D eigenvalue weighted by molar-refractivity contribution is 6.06. The van der Waals surface area contributed by atoms with Crippen LogP contribution in [0.4, 0.5) is 21.5 Å². The maximum Gasteiger partial charge on any atom is 0.267 e. The molecule has 3 rings (SSSR count). The summed E-state index contributed by atoms with van der Waals surface area (Å²) < 4.78 is 13.1. The Morgan fingerprint density at radius 2 is 1.53 bits per heavy atom. The van der Waals surface area contributed by atoms with E-state index in [9.17, 15) is 19.2 Å². The van der Waals surface area contributed by atoms with Gasteiger partial charge in [0.2, 0.25) is 5.91 Å². The topological polar surface area (TPSA) is 88.5 Å². The van der Waals surface area contributed by atoms with Crippen LogP contribution in [-0.2, 0) is 9.59 Å². The van der Waals surface area contributed by atoms with Gasteiger partial charge in [0.15, 0.2) is 0 Å². The van der Waals surface area contributed by atoms with E-state index >= 15 is 0 Å². The molecule has 1 heterocycles. The zero-order chi connectivity index (χ0) is 21.5. The summed E-state index contributed by atoms with van der Waals surface area (Å²) >= 11 is 0. The van der Waals surface area contributed by atoms with Crippen molar-refractivity contribution in [3.05, 3.63) is 66.1 Å². The fourth-order valence-electron chi connectivity index (χ4n) is 3.12. The molecule has 0 saturated carbocycles. The van der Waals surface area contributed by atoms with Crippen LogP contribution in [0.1, 0.15) is 6.92 Å². The summed E-state index contributed by atoms with van der Waals surface area (Å²) in [4.78, 5) is 27.6. The minimum absolute atomic E-state index is 0.0103. The summed E-state index contributed by atoms with van der Waals surface area (Å²) in [5.41, 5.74) is 2.10. The number of benzene rings is 2. The Kier molecular flexibility index (Phi) is 6.65. The van der Waals surface area contributed by atoms with Gasteiger partial charge in [0, 0.05) is 56.4 Å². The van der Waals surface area contributed by atoms with Crippen molar-refractivity contribution in [2.24, 2.45) is 0 Å². The van der Waals surface area contributed by atoms with Crippen molar-refractivity contribution in [1.29, 1.82) is 5.26 Å². The van der Waals surface area contributed by atoms with Crippen molar-refractivity contribution < 1.29 is 14.0 Å². The number of piperazine rings is 1. The number of nitrogens with one attached hydrogen (secondary N) is 2. The number of hydrogen-bond donors (Lipinski definition) is 2. The minimum atomic E-state index is -0.495. The van der Waals surface area contributed by atoms with Gasteiger partial charge in [-0.05, 0) is 48.5 Å². The van der Waals surface area contributed by atoms with Gasteiger partial charge in [0.25, 0.3) is 5.91 Å². The van der Waals surface area contributed by atoms with Crippen LogP contribution in [0.3, 0.4) is 0 Å². The van der Waals surface area contributed by atoms with Crippen LogP contribution in [0.25, 0.3) is 0 Å². The number of anilines is 3.